The monoisotopic (exact) mass is 267 g/mol. The summed E-state index contributed by atoms with van der Waals surface area (Å²) in [4.78, 5) is 7.10. The molecule has 1 aliphatic rings. The Balaban J connectivity index is 1.74. The van der Waals surface area contributed by atoms with E-state index >= 15 is 0 Å². The molecule has 0 radical (unpaired) electrons. The summed E-state index contributed by atoms with van der Waals surface area (Å²) in [6.45, 7) is 7.46. The summed E-state index contributed by atoms with van der Waals surface area (Å²) in [7, 11) is 2.21. The molecule has 1 aromatic heterocycles. The van der Waals surface area contributed by atoms with Gasteiger partial charge in [-0.1, -0.05) is 20.3 Å². The van der Waals surface area contributed by atoms with E-state index in [-0.39, 0.29) is 0 Å². The van der Waals surface area contributed by atoms with Crippen molar-refractivity contribution in [1.29, 1.82) is 0 Å². The van der Waals surface area contributed by atoms with Crippen molar-refractivity contribution in [2.45, 2.75) is 52.2 Å². The highest BCUT2D eigenvalue weighted by Gasteiger charge is 2.19. The third kappa shape index (κ3) is 4.34. The first-order valence-electron chi connectivity index (χ1n) is 6.98. The molecular formula is C14H25N3S. The smallest absolute Gasteiger partial charge is 0.107 e. The predicted molar refractivity (Wildman–Crippen MR) is 77.8 cm³/mol. The largest absolute Gasteiger partial charge is 0.308 e. The van der Waals surface area contributed by atoms with E-state index in [0.717, 1.165) is 19.0 Å². The lowest BCUT2D eigenvalue weighted by Gasteiger charge is -2.29. The summed E-state index contributed by atoms with van der Waals surface area (Å²) in [6.07, 6.45) is 4.27. The van der Waals surface area contributed by atoms with Gasteiger partial charge in [-0.2, -0.15) is 0 Å². The molecule has 0 amide bonds. The van der Waals surface area contributed by atoms with Crippen molar-refractivity contribution in [1.82, 2.24) is 15.2 Å². The Bertz CT molecular complexity index is 358. The van der Waals surface area contributed by atoms with E-state index in [2.05, 4.69) is 41.5 Å². The van der Waals surface area contributed by atoms with Crippen molar-refractivity contribution in [2.75, 3.05) is 13.6 Å². The molecule has 4 heteroatoms. The number of aromatic nitrogens is 1. The summed E-state index contributed by atoms with van der Waals surface area (Å²) in [5, 5.41) is 6.82. The molecule has 18 heavy (non-hydrogen) atoms. The molecule has 1 heterocycles. The standard InChI is InChI=1S/C14H25N3S/c1-11(2)15-7-14-16-13(10-18-14)9-17(3)8-12-5-4-6-12/h10-12,15H,4-9H2,1-3H3. The molecule has 3 nitrogen and oxygen atoms in total. The third-order valence-corrected chi connectivity index (χ3v) is 4.39. The molecule has 0 aromatic carbocycles. The van der Waals surface area contributed by atoms with Crippen LogP contribution in [0.3, 0.4) is 0 Å². The molecule has 0 aliphatic heterocycles. The van der Waals surface area contributed by atoms with Crippen LogP contribution in [0.2, 0.25) is 0 Å². The maximum absolute atomic E-state index is 4.69. The Morgan fingerprint density at radius 3 is 2.89 bits per heavy atom. The van der Waals surface area contributed by atoms with Gasteiger partial charge in [0.25, 0.3) is 0 Å². The molecule has 0 atom stereocenters. The first-order valence-corrected chi connectivity index (χ1v) is 7.86. The lowest BCUT2D eigenvalue weighted by molar-refractivity contribution is 0.199. The minimum atomic E-state index is 0.527. The predicted octanol–water partition coefficient (Wildman–Crippen LogP) is 2.87. The van der Waals surface area contributed by atoms with Crippen LogP contribution in [0.25, 0.3) is 0 Å². The fraction of sp³-hybridized carbons (Fsp3) is 0.786. The lowest BCUT2D eigenvalue weighted by atomic mass is 9.85. The van der Waals surface area contributed by atoms with Crippen LogP contribution in [0.1, 0.15) is 43.8 Å². The molecule has 1 aliphatic carbocycles. The third-order valence-electron chi connectivity index (χ3n) is 3.49. The van der Waals surface area contributed by atoms with E-state index in [9.17, 15) is 0 Å². The van der Waals surface area contributed by atoms with E-state index in [1.807, 2.05) is 0 Å². The fourth-order valence-corrected chi connectivity index (χ4v) is 2.99. The molecule has 0 saturated heterocycles. The van der Waals surface area contributed by atoms with E-state index in [4.69, 9.17) is 0 Å². The maximum atomic E-state index is 4.69. The zero-order valence-corrected chi connectivity index (χ0v) is 12.6. The van der Waals surface area contributed by atoms with Crippen molar-refractivity contribution >= 4 is 11.3 Å². The molecule has 1 N–H and O–H groups in total. The first kappa shape index (κ1) is 14.0. The molecule has 0 bridgehead atoms. The average molecular weight is 267 g/mol. The maximum Gasteiger partial charge on any atom is 0.107 e. The second-order valence-corrected chi connectivity index (χ2v) is 6.70. The van der Waals surface area contributed by atoms with Crippen LogP contribution >= 0.6 is 11.3 Å². The summed E-state index contributed by atoms with van der Waals surface area (Å²) < 4.78 is 0. The van der Waals surface area contributed by atoms with Gasteiger partial charge in [0.05, 0.1) is 5.69 Å². The van der Waals surface area contributed by atoms with Gasteiger partial charge in [-0.15, -0.1) is 11.3 Å². The van der Waals surface area contributed by atoms with Crippen molar-refractivity contribution in [3.8, 4) is 0 Å². The minimum Gasteiger partial charge on any atom is -0.308 e. The minimum absolute atomic E-state index is 0.527. The van der Waals surface area contributed by atoms with Gasteiger partial charge in [0, 0.05) is 31.1 Å². The van der Waals surface area contributed by atoms with Crippen LogP contribution in [0.15, 0.2) is 5.38 Å². The Kier molecular flexibility index (Phi) is 5.15. The highest BCUT2D eigenvalue weighted by molar-refractivity contribution is 7.09. The molecule has 0 spiro atoms. The quantitative estimate of drug-likeness (QED) is 0.823. The number of hydrogen-bond acceptors (Lipinski definition) is 4. The van der Waals surface area contributed by atoms with Crippen LogP contribution in [0, 0.1) is 5.92 Å². The number of hydrogen-bond donors (Lipinski definition) is 1. The van der Waals surface area contributed by atoms with Gasteiger partial charge in [-0.05, 0) is 25.8 Å². The van der Waals surface area contributed by atoms with E-state index in [1.54, 1.807) is 11.3 Å². The summed E-state index contributed by atoms with van der Waals surface area (Å²) >= 11 is 1.77. The zero-order valence-electron chi connectivity index (χ0n) is 11.8. The molecular weight excluding hydrogens is 242 g/mol. The average Bonchev–Trinajstić information content (AvgIpc) is 2.68. The fourth-order valence-electron chi connectivity index (χ4n) is 2.25. The van der Waals surface area contributed by atoms with Crippen LogP contribution < -0.4 is 5.32 Å². The molecule has 1 aromatic rings. The highest BCUT2D eigenvalue weighted by Crippen LogP contribution is 2.27. The van der Waals surface area contributed by atoms with Crippen molar-refractivity contribution in [3.05, 3.63) is 16.1 Å². The molecule has 2 rings (SSSR count). The second-order valence-electron chi connectivity index (χ2n) is 5.76. The summed E-state index contributed by atoms with van der Waals surface area (Å²) in [5.41, 5.74) is 1.22. The normalized spacial score (nSPS) is 16.5. The Hall–Kier alpha value is -0.450. The van der Waals surface area contributed by atoms with E-state index in [0.29, 0.717) is 6.04 Å². The van der Waals surface area contributed by atoms with Gasteiger partial charge < -0.3 is 10.2 Å². The molecule has 1 fully saturated rings. The van der Waals surface area contributed by atoms with Gasteiger partial charge in [0.2, 0.25) is 0 Å². The molecule has 1 saturated carbocycles. The Morgan fingerprint density at radius 2 is 2.28 bits per heavy atom. The SMILES string of the molecule is CC(C)NCc1nc(CN(C)CC2CCC2)cs1. The Labute approximate surface area is 115 Å². The van der Waals surface area contributed by atoms with Crippen LogP contribution in [0.5, 0.6) is 0 Å². The van der Waals surface area contributed by atoms with Crippen LogP contribution in [0.4, 0.5) is 0 Å². The van der Waals surface area contributed by atoms with Gasteiger partial charge in [-0.25, -0.2) is 4.98 Å². The molecule has 0 unspecified atom stereocenters. The number of rotatable bonds is 7. The zero-order chi connectivity index (χ0) is 13.0. The van der Waals surface area contributed by atoms with Gasteiger partial charge in [0.15, 0.2) is 0 Å². The highest BCUT2D eigenvalue weighted by atomic mass is 32.1. The van der Waals surface area contributed by atoms with Crippen molar-refractivity contribution in [3.63, 3.8) is 0 Å². The number of nitrogens with zero attached hydrogens (tertiary/aromatic N) is 2. The second kappa shape index (κ2) is 6.64. The van der Waals surface area contributed by atoms with Crippen LogP contribution in [-0.4, -0.2) is 29.5 Å². The summed E-state index contributed by atoms with van der Waals surface area (Å²) in [5.74, 6) is 0.940. The number of thiazole rings is 1. The Morgan fingerprint density at radius 1 is 1.50 bits per heavy atom. The van der Waals surface area contributed by atoms with Gasteiger partial charge in [0.1, 0.15) is 5.01 Å². The lowest BCUT2D eigenvalue weighted by Crippen LogP contribution is -2.29. The van der Waals surface area contributed by atoms with E-state index in [1.165, 1.54) is 36.5 Å². The van der Waals surface area contributed by atoms with Crippen molar-refractivity contribution in [2.24, 2.45) is 5.92 Å². The van der Waals surface area contributed by atoms with Crippen molar-refractivity contribution < 1.29 is 0 Å². The molecule has 102 valence electrons. The van der Waals surface area contributed by atoms with Crippen LogP contribution in [-0.2, 0) is 13.1 Å². The van der Waals surface area contributed by atoms with E-state index < -0.39 is 0 Å². The van der Waals surface area contributed by atoms with Gasteiger partial charge in [-0.3, -0.25) is 0 Å². The first-order chi connectivity index (χ1) is 8.63. The van der Waals surface area contributed by atoms with Gasteiger partial charge >= 0.3 is 0 Å². The summed E-state index contributed by atoms with van der Waals surface area (Å²) in [6, 6.07) is 0.527. The topological polar surface area (TPSA) is 28.2 Å². The number of nitrogens with one attached hydrogen (secondary N) is 1.